The highest BCUT2D eigenvalue weighted by Gasteiger charge is 2.38. The third-order valence-electron chi connectivity index (χ3n) is 2.88. The van der Waals surface area contributed by atoms with E-state index in [2.05, 4.69) is 6.58 Å². The van der Waals surface area contributed by atoms with E-state index in [1.807, 2.05) is 20.8 Å². The number of allylic oxidation sites excluding steroid dienone is 1. The Kier molecular flexibility index (Phi) is 3.79. The van der Waals surface area contributed by atoms with Gasteiger partial charge in [-0.1, -0.05) is 12.2 Å². The quantitative estimate of drug-likeness (QED) is 0.424. The van der Waals surface area contributed by atoms with E-state index in [4.69, 9.17) is 10.5 Å². The highest BCUT2D eigenvalue weighted by atomic mass is 16.6. The fourth-order valence-electron chi connectivity index (χ4n) is 1.89. The lowest BCUT2D eigenvalue weighted by atomic mass is 9.91. The van der Waals surface area contributed by atoms with Crippen molar-refractivity contribution < 1.29 is 9.53 Å². The van der Waals surface area contributed by atoms with Gasteiger partial charge in [-0.25, -0.2) is 0 Å². The summed E-state index contributed by atoms with van der Waals surface area (Å²) in [5.74, 6) is -0.269. The maximum atomic E-state index is 12.0. The van der Waals surface area contributed by atoms with Gasteiger partial charge in [-0.3, -0.25) is 4.79 Å². The fourth-order valence-corrected chi connectivity index (χ4v) is 1.89. The first-order chi connectivity index (χ1) is 7.23. The van der Waals surface area contributed by atoms with Crippen molar-refractivity contribution in [1.29, 1.82) is 0 Å². The number of ether oxygens (including phenoxy) is 1. The van der Waals surface area contributed by atoms with E-state index < -0.39 is 11.1 Å². The van der Waals surface area contributed by atoms with Crippen LogP contribution in [0.4, 0.5) is 0 Å². The number of esters is 1. The Hall–Kier alpha value is -0.830. The van der Waals surface area contributed by atoms with Gasteiger partial charge in [0.05, 0.1) is 0 Å². The maximum absolute atomic E-state index is 12.0. The van der Waals surface area contributed by atoms with Crippen LogP contribution >= 0.6 is 0 Å². The Morgan fingerprint density at radius 2 is 2.00 bits per heavy atom. The van der Waals surface area contributed by atoms with Gasteiger partial charge in [0.1, 0.15) is 11.1 Å². The summed E-state index contributed by atoms with van der Waals surface area (Å²) in [6.07, 6.45) is 4.08. The Bertz CT molecular complexity index is 291. The molecule has 1 unspecified atom stereocenters. The van der Waals surface area contributed by atoms with Crippen LogP contribution in [0.15, 0.2) is 12.2 Å². The summed E-state index contributed by atoms with van der Waals surface area (Å²) in [5, 5.41) is 0. The fraction of sp³-hybridized carbons (Fsp3) is 0.769. The van der Waals surface area contributed by atoms with Crippen molar-refractivity contribution in [3.05, 3.63) is 12.2 Å². The van der Waals surface area contributed by atoms with Crippen LogP contribution in [0, 0.1) is 0 Å². The Morgan fingerprint density at radius 3 is 2.56 bits per heavy atom. The minimum atomic E-state index is -0.813. The molecule has 0 aliphatic heterocycles. The van der Waals surface area contributed by atoms with Gasteiger partial charge in [0, 0.05) is 0 Å². The molecule has 0 heterocycles. The van der Waals surface area contributed by atoms with Crippen molar-refractivity contribution in [2.24, 2.45) is 5.73 Å². The van der Waals surface area contributed by atoms with Gasteiger partial charge in [0.15, 0.2) is 0 Å². The zero-order valence-electron chi connectivity index (χ0n) is 10.6. The molecule has 2 N–H and O–H groups in total. The van der Waals surface area contributed by atoms with E-state index in [0.29, 0.717) is 12.8 Å². The van der Waals surface area contributed by atoms with Gasteiger partial charge in [-0.15, -0.1) is 0 Å². The Morgan fingerprint density at radius 1 is 1.38 bits per heavy atom. The average Bonchev–Trinajstić information content (AvgIpc) is 2.27. The van der Waals surface area contributed by atoms with E-state index in [1.165, 1.54) is 5.57 Å². The molecule has 1 saturated carbocycles. The lowest BCUT2D eigenvalue weighted by Crippen LogP contribution is -2.50. The molecule has 0 aromatic carbocycles. The number of nitrogens with two attached hydrogens (primary N) is 1. The molecule has 0 saturated heterocycles. The van der Waals surface area contributed by atoms with E-state index in [0.717, 1.165) is 19.3 Å². The molecule has 0 radical (unpaired) electrons. The Balaban J connectivity index is 2.69. The molecule has 1 aliphatic carbocycles. The van der Waals surface area contributed by atoms with Crippen LogP contribution in [-0.4, -0.2) is 17.1 Å². The van der Waals surface area contributed by atoms with Gasteiger partial charge in [-0.2, -0.15) is 0 Å². The number of hydrogen-bond acceptors (Lipinski definition) is 3. The molecule has 1 atom stereocenters. The standard InChI is InChI=1S/C13H23NO2/c1-10-6-5-8-13(14,9-7-10)11(15)16-12(2,3)4/h1,5-9,14H2,2-4H3. The van der Waals surface area contributed by atoms with Crippen molar-refractivity contribution >= 4 is 5.97 Å². The lowest BCUT2D eigenvalue weighted by Gasteiger charge is -2.30. The second kappa shape index (κ2) is 4.58. The third-order valence-corrected chi connectivity index (χ3v) is 2.88. The first-order valence-electron chi connectivity index (χ1n) is 5.92. The molecule has 1 fully saturated rings. The summed E-state index contributed by atoms with van der Waals surface area (Å²) in [5.41, 5.74) is 6.07. The molecule has 3 nitrogen and oxygen atoms in total. The summed E-state index contributed by atoms with van der Waals surface area (Å²) in [4.78, 5) is 12.0. The van der Waals surface area contributed by atoms with Crippen LogP contribution in [0.3, 0.4) is 0 Å². The maximum Gasteiger partial charge on any atom is 0.326 e. The Labute approximate surface area is 98.0 Å². The minimum Gasteiger partial charge on any atom is -0.459 e. The summed E-state index contributed by atoms with van der Waals surface area (Å²) in [6.45, 7) is 9.56. The summed E-state index contributed by atoms with van der Waals surface area (Å²) in [7, 11) is 0. The van der Waals surface area contributed by atoms with Crippen LogP contribution in [0.2, 0.25) is 0 Å². The number of rotatable bonds is 1. The predicted molar refractivity (Wildman–Crippen MR) is 65.0 cm³/mol. The van der Waals surface area contributed by atoms with E-state index in [1.54, 1.807) is 0 Å². The SMILES string of the molecule is C=C1CCCC(N)(C(=O)OC(C)(C)C)CC1. The van der Waals surface area contributed by atoms with Crippen molar-refractivity contribution in [1.82, 2.24) is 0 Å². The number of carbonyl (C=O) groups excluding carboxylic acids is 1. The van der Waals surface area contributed by atoms with E-state index in [-0.39, 0.29) is 5.97 Å². The highest BCUT2D eigenvalue weighted by Crippen LogP contribution is 2.29. The van der Waals surface area contributed by atoms with Gasteiger partial charge in [0.2, 0.25) is 0 Å². The molecule has 16 heavy (non-hydrogen) atoms. The topological polar surface area (TPSA) is 52.3 Å². The predicted octanol–water partition coefficient (Wildman–Crippen LogP) is 2.55. The third kappa shape index (κ3) is 3.63. The molecule has 1 rings (SSSR count). The molecular formula is C13H23NO2. The van der Waals surface area contributed by atoms with Gasteiger partial charge in [0.25, 0.3) is 0 Å². The van der Waals surface area contributed by atoms with Crippen molar-refractivity contribution in [2.45, 2.75) is 64.0 Å². The monoisotopic (exact) mass is 225 g/mol. The van der Waals surface area contributed by atoms with Crippen molar-refractivity contribution in [2.75, 3.05) is 0 Å². The summed E-state index contributed by atoms with van der Waals surface area (Å²) < 4.78 is 5.38. The molecule has 0 aromatic rings. The zero-order valence-corrected chi connectivity index (χ0v) is 10.6. The second-order valence-corrected chi connectivity index (χ2v) is 5.76. The zero-order chi connectivity index (χ0) is 12.4. The first-order valence-corrected chi connectivity index (χ1v) is 5.92. The van der Waals surface area contributed by atoms with Gasteiger partial charge < -0.3 is 10.5 Å². The lowest BCUT2D eigenvalue weighted by molar-refractivity contribution is -0.162. The van der Waals surface area contributed by atoms with Crippen LogP contribution < -0.4 is 5.73 Å². The molecule has 0 aromatic heterocycles. The normalized spacial score (nSPS) is 27.4. The average molecular weight is 225 g/mol. The molecule has 3 heteroatoms. The molecule has 0 bridgehead atoms. The van der Waals surface area contributed by atoms with Crippen LogP contribution in [0.1, 0.15) is 52.9 Å². The van der Waals surface area contributed by atoms with Gasteiger partial charge in [-0.05, 0) is 52.9 Å². The first kappa shape index (κ1) is 13.2. The molecule has 0 amide bonds. The molecule has 92 valence electrons. The van der Waals surface area contributed by atoms with E-state index in [9.17, 15) is 4.79 Å². The summed E-state index contributed by atoms with van der Waals surface area (Å²) >= 11 is 0. The van der Waals surface area contributed by atoms with Crippen LogP contribution in [0.5, 0.6) is 0 Å². The van der Waals surface area contributed by atoms with E-state index >= 15 is 0 Å². The molecular weight excluding hydrogens is 202 g/mol. The highest BCUT2D eigenvalue weighted by molar-refractivity contribution is 5.81. The van der Waals surface area contributed by atoms with Crippen molar-refractivity contribution in [3.8, 4) is 0 Å². The van der Waals surface area contributed by atoms with Crippen LogP contribution in [0.25, 0.3) is 0 Å². The van der Waals surface area contributed by atoms with Crippen LogP contribution in [-0.2, 0) is 9.53 Å². The van der Waals surface area contributed by atoms with Crippen molar-refractivity contribution in [3.63, 3.8) is 0 Å². The van der Waals surface area contributed by atoms with Gasteiger partial charge >= 0.3 is 5.97 Å². The number of carbonyl (C=O) groups is 1. The minimum absolute atomic E-state index is 0.269. The number of hydrogen-bond donors (Lipinski definition) is 1. The largest absolute Gasteiger partial charge is 0.459 e. The molecule has 0 spiro atoms. The second-order valence-electron chi connectivity index (χ2n) is 5.76. The summed E-state index contributed by atoms with van der Waals surface area (Å²) in [6, 6.07) is 0. The smallest absolute Gasteiger partial charge is 0.326 e. The molecule has 1 aliphatic rings.